The molecule has 1 atom stereocenters. The minimum Gasteiger partial charge on any atom is -0.372 e. The molecule has 1 amide bonds. The van der Waals surface area contributed by atoms with E-state index in [1.807, 2.05) is 18.9 Å². The van der Waals surface area contributed by atoms with Crippen molar-refractivity contribution in [3.8, 4) is 0 Å². The van der Waals surface area contributed by atoms with E-state index in [0.29, 0.717) is 0 Å². The van der Waals surface area contributed by atoms with Crippen LogP contribution in [0.5, 0.6) is 0 Å². The number of nitrogens with one attached hydrogen (secondary N) is 1. The lowest BCUT2D eigenvalue weighted by Crippen LogP contribution is -2.43. The van der Waals surface area contributed by atoms with Crippen molar-refractivity contribution in [3.63, 3.8) is 0 Å². The summed E-state index contributed by atoms with van der Waals surface area (Å²) < 4.78 is 5.06. The molecular formula is C12H25ClN2O2. The Hall–Kier alpha value is -0.320. The fourth-order valence-electron chi connectivity index (χ4n) is 2.15. The number of piperidine rings is 1. The molecule has 1 N–H and O–H groups in total. The highest BCUT2D eigenvalue weighted by Crippen LogP contribution is 2.20. The monoisotopic (exact) mass is 264 g/mol. The maximum Gasteiger partial charge on any atom is 0.251 e. The third-order valence-corrected chi connectivity index (χ3v) is 3.43. The van der Waals surface area contributed by atoms with Crippen LogP contribution in [0.3, 0.4) is 0 Å². The van der Waals surface area contributed by atoms with Gasteiger partial charge in [-0.05, 0) is 45.7 Å². The fraction of sp³-hybridized carbons (Fsp3) is 0.917. The molecule has 1 saturated heterocycles. The third kappa shape index (κ3) is 5.23. The van der Waals surface area contributed by atoms with E-state index in [-0.39, 0.29) is 24.4 Å². The minimum atomic E-state index is -0.297. The van der Waals surface area contributed by atoms with Gasteiger partial charge >= 0.3 is 0 Å². The van der Waals surface area contributed by atoms with Gasteiger partial charge in [0.1, 0.15) is 6.10 Å². The van der Waals surface area contributed by atoms with Crippen molar-refractivity contribution < 1.29 is 9.53 Å². The fourth-order valence-corrected chi connectivity index (χ4v) is 2.15. The van der Waals surface area contributed by atoms with Crippen LogP contribution in [0.4, 0.5) is 0 Å². The molecule has 102 valence electrons. The molecule has 4 nitrogen and oxygen atoms in total. The summed E-state index contributed by atoms with van der Waals surface area (Å²) in [5, 5.41) is 3.18. The Morgan fingerprint density at radius 2 is 2.06 bits per heavy atom. The van der Waals surface area contributed by atoms with Crippen LogP contribution in [0.15, 0.2) is 0 Å². The van der Waals surface area contributed by atoms with Crippen LogP contribution in [-0.2, 0) is 9.53 Å². The van der Waals surface area contributed by atoms with Gasteiger partial charge in [0.2, 0.25) is 0 Å². The van der Waals surface area contributed by atoms with Gasteiger partial charge in [0.25, 0.3) is 5.91 Å². The molecule has 0 aromatic heterocycles. The molecule has 1 fully saturated rings. The quantitative estimate of drug-likeness (QED) is 0.814. The van der Waals surface area contributed by atoms with E-state index in [4.69, 9.17) is 4.74 Å². The zero-order valence-corrected chi connectivity index (χ0v) is 11.9. The predicted octanol–water partition coefficient (Wildman–Crippen LogP) is 1.29. The van der Waals surface area contributed by atoms with Crippen LogP contribution < -0.4 is 5.32 Å². The van der Waals surface area contributed by atoms with Crippen LogP contribution in [0.25, 0.3) is 0 Å². The molecule has 0 bridgehead atoms. The van der Waals surface area contributed by atoms with E-state index in [2.05, 4.69) is 5.32 Å². The van der Waals surface area contributed by atoms with Gasteiger partial charge in [-0.1, -0.05) is 0 Å². The first kappa shape index (κ1) is 16.7. The van der Waals surface area contributed by atoms with E-state index in [0.717, 1.165) is 38.4 Å². The lowest BCUT2D eigenvalue weighted by Gasteiger charge is -2.33. The van der Waals surface area contributed by atoms with Crippen LogP contribution in [-0.4, -0.2) is 50.7 Å². The summed E-state index contributed by atoms with van der Waals surface area (Å²) in [6.45, 7) is 4.67. The van der Waals surface area contributed by atoms with Crippen molar-refractivity contribution in [3.05, 3.63) is 0 Å². The second kappa shape index (κ2) is 8.72. The van der Waals surface area contributed by atoms with Crippen molar-refractivity contribution in [1.82, 2.24) is 10.2 Å². The van der Waals surface area contributed by atoms with Gasteiger partial charge in [0, 0.05) is 20.2 Å². The minimum absolute atomic E-state index is 0. The molecule has 1 heterocycles. The molecule has 0 saturated carbocycles. The number of carbonyl (C=O) groups is 1. The van der Waals surface area contributed by atoms with E-state index in [9.17, 15) is 4.79 Å². The molecule has 17 heavy (non-hydrogen) atoms. The van der Waals surface area contributed by atoms with Crippen LogP contribution in [0, 0.1) is 5.92 Å². The number of likely N-dealkylation sites (tertiary alicyclic amines) is 1. The molecule has 1 unspecified atom stereocenters. The van der Waals surface area contributed by atoms with E-state index in [1.165, 1.54) is 6.42 Å². The summed E-state index contributed by atoms with van der Waals surface area (Å²) in [6.07, 6.45) is 3.18. The summed E-state index contributed by atoms with van der Waals surface area (Å²) >= 11 is 0. The molecule has 1 aliphatic rings. The average molecular weight is 265 g/mol. The number of methoxy groups -OCH3 is 1. The summed E-state index contributed by atoms with van der Waals surface area (Å²) in [6, 6.07) is 0. The third-order valence-electron chi connectivity index (χ3n) is 3.43. The predicted molar refractivity (Wildman–Crippen MR) is 71.6 cm³/mol. The number of nitrogens with zero attached hydrogens (tertiary/aromatic N) is 1. The number of carbonyl (C=O) groups excluding carboxylic acids is 1. The summed E-state index contributed by atoms with van der Waals surface area (Å²) in [4.78, 5) is 13.8. The second-order valence-electron chi connectivity index (χ2n) is 4.54. The molecule has 0 spiro atoms. The van der Waals surface area contributed by atoms with Crippen molar-refractivity contribution >= 4 is 18.3 Å². The highest BCUT2D eigenvalue weighted by Gasteiger charge is 2.25. The van der Waals surface area contributed by atoms with Crippen LogP contribution >= 0.6 is 12.4 Å². The topological polar surface area (TPSA) is 41.6 Å². The molecule has 0 radical (unpaired) electrons. The van der Waals surface area contributed by atoms with Gasteiger partial charge in [-0.25, -0.2) is 0 Å². The van der Waals surface area contributed by atoms with E-state index in [1.54, 1.807) is 7.11 Å². The largest absolute Gasteiger partial charge is 0.372 e. The summed E-state index contributed by atoms with van der Waals surface area (Å²) in [7, 11) is 3.57. The molecule has 1 rings (SSSR count). The lowest BCUT2D eigenvalue weighted by molar-refractivity contribution is -0.142. The van der Waals surface area contributed by atoms with Crippen molar-refractivity contribution in [2.45, 2.75) is 32.3 Å². The average Bonchev–Trinajstić information content (AvgIpc) is 2.35. The summed E-state index contributed by atoms with van der Waals surface area (Å²) in [5.41, 5.74) is 0. The SMILES string of the molecule is CNCCC1CCN(C(=O)C(C)OC)CC1.Cl. The second-order valence-corrected chi connectivity index (χ2v) is 4.54. The number of ether oxygens (including phenoxy) is 1. The molecule has 0 aromatic carbocycles. The van der Waals surface area contributed by atoms with Crippen molar-refractivity contribution in [2.75, 3.05) is 33.8 Å². The Labute approximate surface area is 110 Å². The van der Waals surface area contributed by atoms with E-state index >= 15 is 0 Å². The zero-order valence-electron chi connectivity index (χ0n) is 11.1. The molecule has 0 aromatic rings. The normalized spacial score (nSPS) is 18.6. The Morgan fingerprint density at radius 3 is 2.53 bits per heavy atom. The van der Waals surface area contributed by atoms with Gasteiger partial charge in [-0.3, -0.25) is 4.79 Å². The first-order valence-electron chi connectivity index (χ1n) is 6.15. The van der Waals surface area contributed by atoms with Crippen molar-refractivity contribution in [2.24, 2.45) is 5.92 Å². The van der Waals surface area contributed by atoms with Gasteiger partial charge in [0.15, 0.2) is 0 Å². The zero-order chi connectivity index (χ0) is 12.0. The lowest BCUT2D eigenvalue weighted by atomic mass is 9.93. The number of rotatable bonds is 5. The van der Waals surface area contributed by atoms with Crippen molar-refractivity contribution in [1.29, 1.82) is 0 Å². The Morgan fingerprint density at radius 1 is 1.47 bits per heavy atom. The standard InChI is InChI=1S/C12H24N2O2.ClH/c1-10(16-3)12(15)14-8-5-11(6-9-14)4-7-13-2;/h10-11,13H,4-9H2,1-3H3;1H. The molecule has 5 heteroatoms. The van der Waals surface area contributed by atoms with Crippen LogP contribution in [0.2, 0.25) is 0 Å². The van der Waals surface area contributed by atoms with Crippen LogP contribution in [0.1, 0.15) is 26.2 Å². The smallest absolute Gasteiger partial charge is 0.251 e. The molecule has 1 aliphatic heterocycles. The van der Waals surface area contributed by atoms with Gasteiger partial charge in [-0.15, -0.1) is 12.4 Å². The highest BCUT2D eigenvalue weighted by atomic mass is 35.5. The Kier molecular flexibility index (Phi) is 8.56. The van der Waals surface area contributed by atoms with Gasteiger partial charge in [0.05, 0.1) is 0 Å². The maximum absolute atomic E-state index is 11.8. The van der Waals surface area contributed by atoms with Gasteiger partial charge < -0.3 is 15.0 Å². The Bertz CT molecular complexity index is 219. The maximum atomic E-state index is 11.8. The number of hydrogen-bond acceptors (Lipinski definition) is 3. The number of amides is 1. The highest BCUT2D eigenvalue weighted by molar-refractivity contribution is 5.85. The first-order valence-corrected chi connectivity index (χ1v) is 6.15. The summed E-state index contributed by atoms with van der Waals surface area (Å²) in [5.74, 6) is 0.906. The first-order chi connectivity index (χ1) is 7.69. The van der Waals surface area contributed by atoms with E-state index < -0.39 is 0 Å². The molecule has 0 aliphatic carbocycles. The van der Waals surface area contributed by atoms with Gasteiger partial charge in [-0.2, -0.15) is 0 Å². The molecular weight excluding hydrogens is 240 g/mol. The number of halogens is 1. The Balaban J connectivity index is 0.00000256. The number of hydrogen-bond donors (Lipinski definition) is 1.